The predicted molar refractivity (Wildman–Crippen MR) is 33.5 cm³/mol. The van der Waals surface area contributed by atoms with Gasteiger partial charge in [0.1, 0.15) is 0 Å². The molecular weight excluding hydrogens is 136 g/mol. The Bertz CT molecular complexity index is 118. The molecule has 0 amide bonds. The molecule has 0 atom stereocenters. The molecule has 0 saturated carbocycles. The van der Waals surface area contributed by atoms with E-state index in [0.717, 1.165) is 13.3 Å². The number of carboxylic acids is 1. The number of esters is 1. The van der Waals surface area contributed by atoms with Crippen LogP contribution in [0.4, 0.5) is 0 Å². The van der Waals surface area contributed by atoms with Crippen molar-refractivity contribution in [2.75, 3.05) is 6.61 Å². The van der Waals surface area contributed by atoms with Gasteiger partial charge in [-0.15, -0.1) is 0 Å². The number of hydrogen-bond donors (Lipinski definition) is 1. The van der Waals surface area contributed by atoms with E-state index in [4.69, 9.17) is 9.90 Å². The summed E-state index contributed by atoms with van der Waals surface area (Å²) in [5.74, 6) is -0.880. The molecule has 1 N–H and O–H groups in total. The number of cyclic esters (lactones) is 1. The van der Waals surface area contributed by atoms with Crippen LogP contribution < -0.4 is 0 Å². The van der Waals surface area contributed by atoms with Crippen molar-refractivity contribution in [2.24, 2.45) is 0 Å². The molecule has 58 valence electrons. The third kappa shape index (κ3) is 6.94. The second-order valence-corrected chi connectivity index (χ2v) is 1.84. The first-order valence-corrected chi connectivity index (χ1v) is 2.98. The van der Waals surface area contributed by atoms with E-state index in [-0.39, 0.29) is 5.97 Å². The molecule has 1 aliphatic heterocycles. The van der Waals surface area contributed by atoms with Gasteiger partial charge in [0.05, 0.1) is 6.61 Å². The van der Waals surface area contributed by atoms with E-state index < -0.39 is 5.97 Å². The van der Waals surface area contributed by atoms with Crippen LogP contribution in [0.15, 0.2) is 0 Å². The Labute approximate surface area is 58.8 Å². The van der Waals surface area contributed by atoms with Crippen LogP contribution in [-0.2, 0) is 14.3 Å². The standard InChI is InChI=1S/C4H6O2.C2H4O2/c5-4-2-1-3-6-4;1-2(3)4/h1-3H2;1H3,(H,3,4). The van der Waals surface area contributed by atoms with Crippen LogP contribution in [0.5, 0.6) is 0 Å². The number of aliphatic carboxylic acids is 1. The minimum absolute atomic E-state index is 0.0463. The van der Waals surface area contributed by atoms with E-state index in [9.17, 15) is 4.79 Å². The van der Waals surface area contributed by atoms with E-state index in [1.165, 1.54) is 0 Å². The molecule has 0 spiro atoms. The van der Waals surface area contributed by atoms with Crippen molar-refractivity contribution in [1.29, 1.82) is 0 Å². The molecule has 1 saturated heterocycles. The van der Waals surface area contributed by atoms with Gasteiger partial charge >= 0.3 is 5.97 Å². The summed E-state index contributed by atoms with van der Waals surface area (Å²) in [6.07, 6.45) is 1.54. The first kappa shape index (κ1) is 8.94. The zero-order valence-electron chi connectivity index (χ0n) is 5.79. The van der Waals surface area contributed by atoms with Crippen LogP contribution in [0.2, 0.25) is 0 Å². The summed E-state index contributed by atoms with van der Waals surface area (Å²) in [7, 11) is 0. The lowest BCUT2D eigenvalue weighted by molar-refractivity contribution is -0.138. The average molecular weight is 146 g/mol. The number of hydrogen-bond acceptors (Lipinski definition) is 3. The molecule has 1 rings (SSSR count). The number of carbonyl (C=O) groups excluding carboxylic acids is 1. The lowest BCUT2D eigenvalue weighted by Crippen LogP contribution is -1.88. The van der Waals surface area contributed by atoms with Gasteiger partial charge in [-0.05, 0) is 6.42 Å². The molecule has 1 heterocycles. The maximum atomic E-state index is 10.0. The second kappa shape index (κ2) is 4.78. The van der Waals surface area contributed by atoms with Gasteiger partial charge in [-0.3, -0.25) is 9.59 Å². The highest BCUT2D eigenvalue weighted by Crippen LogP contribution is 2.01. The summed E-state index contributed by atoms with van der Waals surface area (Å²) in [6.45, 7) is 1.72. The first-order chi connectivity index (χ1) is 4.63. The molecule has 10 heavy (non-hydrogen) atoms. The zero-order valence-corrected chi connectivity index (χ0v) is 5.79. The molecule has 0 unspecified atom stereocenters. The molecular formula is C6H10O4. The predicted octanol–water partition coefficient (Wildman–Crippen LogP) is 0.414. The maximum absolute atomic E-state index is 10.0. The Kier molecular flexibility index (Phi) is 4.28. The van der Waals surface area contributed by atoms with E-state index in [1.807, 2.05) is 0 Å². The lowest BCUT2D eigenvalue weighted by Gasteiger charge is -1.81. The fraction of sp³-hybridized carbons (Fsp3) is 0.667. The molecule has 0 aromatic heterocycles. The monoisotopic (exact) mass is 146 g/mol. The SMILES string of the molecule is CC(=O)O.O=C1CCCO1. The third-order valence-electron chi connectivity index (χ3n) is 0.788. The Morgan fingerprint density at radius 3 is 2.30 bits per heavy atom. The second-order valence-electron chi connectivity index (χ2n) is 1.84. The van der Waals surface area contributed by atoms with Crippen LogP contribution in [0.25, 0.3) is 0 Å². The van der Waals surface area contributed by atoms with E-state index in [0.29, 0.717) is 13.0 Å². The van der Waals surface area contributed by atoms with E-state index in [1.54, 1.807) is 0 Å². The van der Waals surface area contributed by atoms with Crippen LogP contribution >= 0.6 is 0 Å². The Morgan fingerprint density at radius 1 is 1.70 bits per heavy atom. The van der Waals surface area contributed by atoms with Crippen molar-refractivity contribution in [1.82, 2.24) is 0 Å². The summed E-state index contributed by atoms with van der Waals surface area (Å²) >= 11 is 0. The average Bonchev–Trinajstić information content (AvgIpc) is 2.15. The smallest absolute Gasteiger partial charge is 0.305 e. The van der Waals surface area contributed by atoms with Gasteiger partial charge in [-0.2, -0.15) is 0 Å². The minimum Gasteiger partial charge on any atom is -0.481 e. The zero-order chi connectivity index (χ0) is 7.98. The highest BCUT2D eigenvalue weighted by atomic mass is 16.5. The third-order valence-corrected chi connectivity index (χ3v) is 0.788. The molecule has 0 aromatic carbocycles. The van der Waals surface area contributed by atoms with Crippen molar-refractivity contribution >= 4 is 11.9 Å². The topological polar surface area (TPSA) is 63.6 Å². The highest BCUT2D eigenvalue weighted by Gasteiger charge is 2.08. The molecule has 4 nitrogen and oxygen atoms in total. The van der Waals surface area contributed by atoms with Gasteiger partial charge in [-0.1, -0.05) is 0 Å². The summed E-state index contributed by atoms with van der Waals surface area (Å²) in [5.41, 5.74) is 0. The van der Waals surface area contributed by atoms with E-state index in [2.05, 4.69) is 4.74 Å². The summed E-state index contributed by atoms with van der Waals surface area (Å²) in [4.78, 5) is 19.0. The van der Waals surface area contributed by atoms with Crippen LogP contribution in [0, 0.1) is 0 Å². The van der Waals surface area contributed by atoms with Crippen molar-refractivity contribution in [3.63, 3.8) is 0 Å². The van der Waals surface area contributed by atoms with Gasteiger partial charge in [0.15, 0.2) is 0 Å². The number of carbonyl (C=O) groups is 2. The van der Waals surface area contributed by atoms with Gasteiger partial charge in [0.2, 0.25) is 0 Å². The molecule has 4 heteroatoms. The van der Waals surface area contributed by atoms with Crippen molar-refractivity contribution < 1.29 is 19.4 Å². The molecule has 0 aliphatic carbocycles. The summed E-state index contributed by atoms with van der Waals surface area (Å²) in [5, 5.41) is 7.42. The van der Waals surface area contributed by atoms with Gasteiger partial charge < -0.3 is 9.84 Å². The van der Waals surface area contributed by atoms with E-state index >= 15 is 0 Å². The molecule has 1 aliphatic rings. The Morgan fingerprint density at radius 2 is 2.20 bits per heavy atom. The van der Waals surface area contributed by atoms with Crippen LogP contribution in [0.1, 0.15) is 19.8 Å². The molecule has 0 radical (unpaired) electrons. The van der Waals surface area contributed by atoms with Crippen molar-refractivity contribution in [3.8, 4) is 0 Å². The fourth-order valence-corrected chi connectivity index (χ4v) is 0.475. The quantitative estimate of drug-likeness (QED) is 0.503. The van der Waals surface area contributed by atoms with Crippen LogP contribution in [0.3, 0.4) is 0 Å². The summed E-state index contributed by atoms with van der Waals surface area (Å²) < 4.78 is 4.51. The Hall–Kier alpha value is -1.06. The highest BCUT2D eigenvalue weighted by molar-refractivity contribution is 5.70. The molecule has 0 bridgehead atoms. The minimum atomic E-state index is -0.833. The molecule has 0 aromatic rings. The normalized spacial score (nSPS) is 15.1. The largest absolute Gasteiger partial charge is 0.481 e. The van der Waals surface area contributed by atoms with Crippen LogP contribution in [-0.4, -0.2) is 23.7 Å². The number of rotatable bonds is 0. The lowest BCUT2D eigenvalue weighted by atomic mass is 10.4. The van der Waals surface area contributed by atoms with Gasteiger partial charge in [-0.25, -0.2) is 0 Å². The van der Waals surface area contributed by atoms with Gasteiger partial charge in [0, 0.05) is 13.3 Å². The number of carboxylic acid groups (broad SMARTS) is 1. The van der Waals surface area contributed by atoms with Crippen molar-refractivity contribution in [2.45, 2.75) is 19.8 Å². The van der Waals surface area contributed by atoms with Crippen molar-refractivity contribution in [3.05, 3.63) is 0 Å². The van der Waals surface area contributed by atoms with Gasteiger partial charge in [0.25, 0.3) is 5.97 Å². The molecule has 1 fully saturated rings. The Balaban J connectivity index is 0.000000180. The maximum Gasteiger partial charge on any atom is 0.305 e. The number of ether oxygens (including phenoxy) is 1. The first-order valence-electron chi connectivity index (χ1n) is 2.98. The summed E-state index contributed by atoms with van der Waals surface area (Å²) in [6, 6.07) is 0. The fourth-order valence-electron chi connectivity index (χ4n) is 0.475.